The predicted octanol–water partition coefficient (Wildman–Crippen LogP) is 2.71. The summed E-state index contributed by atoms with van der Waals surface area (Å²) in [4.78, 5) is 12.0. The molecular weight excluding hydrogens is 223 g/mol. The van der Waals surface area contributed by atoms with Crippen molar-refractivity contribution in [2.45, 2.75) is 12.8 Å². The first-order valence-corrected chi connectivity index (χ1v) is 5.43. The highest BCUT2D eigenvalue weighted by Crippen LogP contribution is 2.22. The van der Waals surface area contributed by atoms with Gasteiger partial charge in [0, 0.05) is 5.56 Å². The van der Waals surface area contributed by atoms with E-state index < -0.39 is 5.82 Å². The van der Waals surface area contributed by atoms with Gasteiger partial charge in [0.25, 0.3) is 0 Å². The van der Waals surface area contributed by atoms with E-state index in [1.807, 2.05) is 0 Å². The number of rotatable bonds is 3. The minimum atomic E-state index is -0.484. The lowest BCUT2D eigenvalue weighted by Gasteiger charge is -2.14. The first-order valence-electron chi connectivity index (χ1n) is 5.43. The summed E-state index contributed by atoms with van der Waals surface area (Å²) < 4.78 is 23.3. The summed E-state index contributed by atoms with van der Waals surface area (Å²) in [6.45, 7) is 0.551. The van der Waals surface area contributed by atoms with Gasteiger partial charge in [-0.2, -0.15) is 0 Å². The van der Waals surface area contributed by atoms with E-state index in [0.29, 0.717) is 17.9 Å². The zero-order chi connectivity index (χ0) is 12.3. The van der Waals surface area contributed by atoms with Crippen LogP contribution in [0.4, 0.5) is 4.39 Å². The van der Waals surface area contributed by atoms with Gasteiger partial charge in [-0.1, -0.05) is 0 Å². The molecule has 0 aliphatic carbocycles. The number of methoxy groups -OCH3 is 1. The second-order valence-corrected chi connectivity index (χ2v) is 3.74. The molecule has 1 aliphatic heterocycles. The average molecular weight is 236 g/mol. The lowest BCUT2D eigenvalue weighted by molar-refractivity contribution is 0.0898. The van der Waals surface area contributed by atoms with Gasteiger partial charge in [-0.3, -0.25) is 4.79 Å². The number of benzene rings is 1. The highest BCUT2D eigenvalue weighted by atomic mass is 19.1. The monoisotopic (exact) mass is 236 g/mol. The van der Waals surface area contributed by atoms with Crippen molar-refractivity contribution >= 4 is 5.78 Å². The molecule has 1 aromatic rings. The molecule has 0 N–H and O–H groups in total. The molecule has 0 fully saturated rings. The van der Waals surface area contributed by atoms with Crippen molar-refractivity contribution in [1.82, 2.24) is 0 Å². The molecule has 0 unspecified atom stereocenters. The minimum absolute atomic E-state index is 0.0623. The second-order valence-electron chi connectivity index (χ2n) is 3.74. The molecule has 2 rings (SSSR count). The summed E-state index contributed by atoms with van der Waals surface area (Å²) in [5, 5.41) is 0. The minimum Gasteiger partial charge on any atom is -0.494 e. The molecule has 17 heavy (non-hydrogen) atoms. The van der Waals surface area contributed by atoms with Crippen LogP contribution in [0.3, 0.4) is 0 Å². The van der Waals surface area contributed by atoms with Crippen LogP contribution in [0, 0.1) is 5.82 Å². The van der Waals surface area contributed by atoms with E-state index in [1.165, 1.54) is 25.3 Å². The summed E-state index contributed by atoms with van der Waals surface area (Å²) in [7, 11) is 1.36. The van der Waals surface area contributed by atoms with Crippen LogP contribution in [0.25, 0.3) is 0 Å². The number of carbonyl (C=O) groups is 1. The van der Waals surface area contributed by atoms with E-state index in [4.69, 9.17) is 9.47 Å². The Hall–Kier alpha value is -1.84. The molecule has 0 spiro atoms. The van der Waals surface area contributed by atoms with Crippen LogP contribution in [-0.2, 0) is 4.74 Å². The molecule has 4 heteroatoms. The van der Waals surface area contributed by atoms with Crippen molar-refractivity contribution in [2.75, 3.05) is 13.7 Å². The lowest BCUT2D eigenvalue weighted by Crippen LogP contribution is -2.11. The molecule has 1 aliphatic rings. The summed E-state index contributed by atoms with van der Waals surface area (Å²) >= 11 is 0. The van der Waals surface area contributed by atoms with Crippen LogP contribution >= 0.6 is 0 Å². The Labute approximate surface area is 98.8 Å². The highest BCUT2D eigenvalue weighted by molar-refractivity contribution is 6.07. The zero-order valence-electron chi connectivity index (χ0n) is 9.53. The summed E-state index contributed by atoms with van der Waals surface area (Å²) in [6, 6.07) is 4.03. The number of carbonyl (C=O) groups excluding carboxylic acids is 1. The topological polar surface area (TPSA) is 35.5 Å². The second kappa shape index (κ2) is 4.99. The molecule has 1 heterocycles. The first kappa shape index (κ1) is 11.6. The van der Waals surface area contributed by atoms with E-state index in [9.17, 15) is 9.18 Å². The zero-order valence-corrected chi connectivity index (χ0v) is 9.53. The Kier molecular flexibility index (Phi) is 3.42. The molecule has 3 nitrogen and oxygen atoms in total. The highest BCUT2D eigenvalue weighted by Gasteiger charge is 2.17. The fraction of sp³-hybridized carbons (Fsp3) is 0.308. The van der Waals surface area contributed by atoms with E-state index in [2.05, 4.69) is 0 Å². The third kappa shape index (κ3) is 2.46. The maximum absolute atomic E-state index is 13.2. The molecule has 0 saturated carbocycles. The average Bonchev–Trinajstić information content (AvgIpc) is 2.39. The van der Waals surface area contributed by atoms with Gasteiger partial charge < -0.3 is 9.47 Å². The van der Waals surface area contributed by atoms with Gasteiger partial charge in [-0.05, 0) is 37.1 Å². The standard InChI is InChI=1S/C13H13FO3/c1-16-12-8-9(5-6-10(12)14)13(15)11-4-2-3-7-17-11/h4-6,8H,2-3,7H2,1H3. The molecule has 0 atom stereocenters. The van der Waals surface area contributed by atoms with Crippen molar-refractivity contribution in [1.29, 1.82) is 0 Å². The van der Waals surface area contributed by atoms with Crippen molar-refractivity contribution < 1.29 is 18.7 Å². The van der Waals surface area contributed by atoms with Gasteiger partial charge in [0.05, 0.1) is 13.7 Å². The van der Waals surface area contributed by atoms with Crippen LogP contribution in [-0.4, -0.2) is 19.5 Å². The Balaban J connectivity index is 2.27. The number of hydrogen-bond donors (Lipinski definition) is 0. The Morgan fingerprint density at radius 2 is 2.29 bits per heavy atom. The predicted molar refractivity (Wildman–Crippen MR) is 60.6 cm³/mol. The van der Waals surface area contributed by atoms with Crippen LogP contribution in [0.2, 0.25) is 0 Å². The number of ether oxygens (including phenoxy) is 2. The molecular formula is C13H13FO3. The number of hydrogen-bond acceptors (Lipinski definition) is 3. The van der Waals surface area contributed by atoms with Crippen LogP contribution in [0.5, 0.6) is 5.75 Å². The van der Waals surface area contributed by atoms with Gasteiger partial charge >= 0.3 is 0 Å². The summed E-state index contributed by atoms with van der Waals surface area (Å²) in [6.07, 6.45) is 3.52. The third-order valence-electron chi connectivity index (χ3n) is 2.57. The van der Waals surface area contributed by atoms with Crippen molar-refractivity contribution in [3.05, 3.63) is 41.4 Å². The molecule has 90 valence electrons. The van der Waals surface area contributed by atoms with Gasteiger partial charge in [0.2, 0.25) is 5.78 Å². The van der Waals surface area contributed by atoms with E-state index in [0.717, 1.165) is 12.8 Å². The normalized spacial score (nSPS) is 14.8. The largest absolute Gasteiger partial charge is 0.494 e. The molecule has 0 amide bonds. The SMILES string of the molecule is COc1cc(C(=O)C2=CCCCO2)ccc1F. The molecule has 0 bridgehead atoms. The number of allylic oxidation sites excluding steroid dienone is 2. The van der Waals surface area contributed by atoms with Crippen LogP contribution < -0.4 is 4.74 Å². The van der Waals surface area contributed by atoms with Gasteiger partial charge in [0.1, 0.15) is 0 Å². The number of ketones is 1. The number of halogens is 1. The Bertz CT molecular complexity index is 466. The Morgan fingerprint density at radius 3 is 2.94 bits per heavy atom. The van der Waals surface area contributed by atoms with Crippen molar-refractivity contribution in [3.63, 3.8) is 0 Å². The van der Waals surface area contributed by atoms with Crippen LogP contribution in [0.15, 0.2) is 30.0 Å². The van der Waals surface area contributed by atoms with Crippen molar-refractivity contribution in [2.24, 2.45) is 0 Å². The lowest BCUT2D eigenvalue weighted by atomic mass is 10.1. The van der Waals surface area contributed by atoms with E-state index >= 15 is 0 Å². The maximum Gasteiger partial charge on any atom is 0.227 e. The summed E-state index contributed by atoms with van der Waals surface area (Å²) in [5.74, 6) is -0.317. The molecule has 0 aromatic heterocycles. The molecule has 1 aromatic carbocycles. The Morgan fingerprint density at radius 1 is 1.47 bits per heavy atom. The van der Waals surface area contributed by atoms with Gasteiger partial charge in [-0.25, -0.2) is 4.39 Å². The fourth-order valence-corrected chi connectivity index (χ4v) is 1.66. The van der Waals surface area contributed by atoms with Gasteiger partial charge in [0.15, 0.2) is 17.3 Å². The fourth-order valence-electron chi connectivity index (χ4n) is 1.66. The molecule has 0 radical (unpaired) electrons. The summed E-state index contributed by atoms with van der Waals surface area (Å²) in [5.41, 5.74) is 0.372. The first-order chi connectivity index (χ1) is 8.22. The quantitative estimate of drug-likeness (QED) is 0.757. The van der Waals surface area contributed by atoms with Gasteiger partial charge in [-0.15, -0.1) is 0 Å². The van der Waals surface area contributed by atoms with E-state index in [1.54, 1.807) is 6.08 Å². The van der Waals surface area contributed by atoms with Crippen LogP contribution in [0.1, 0.15) is 23.2 Å². The van der Waals surface area contributed by atoms with E-state index in [-0.39, 0.29) is 11.5 Å². The third-order valence-corrected chi connectivity index (χ3v) is 2.57. The molecule has 0 saturated heterocycles. The smallest absolute Gasteiger partial charge is 0.227 e. The van der Waals surface area contributed by atoms with Crippen molar-refractivity contribution in [3.8, 4) is 5.75 Å². The maximum atomic E-state index is 13.2. The number of Topliss-reactive ketones (excluding diaryl/α,β-unsaturated/α-hetero) is 1.